The van der Waals surface area contributed by atoms with Crippen molar-refractivity contribution < 1.29 is 19.0 Å². The van der Waals surface area contributed by atoms with Gasteiger partial charge in [-0.2, -0.15) is 0 Å². The molecule has 1 N–H and O–H groups in total. The van der Waals surface area contributed by atoms with Gasteiger partial charge in [0.1, 0.15) is 11.6 Å². The van der Waals surface area contributed by atoms with Crippen molar-refractivity contribution in [1.29, 1.82) is 0 Å². The maximum atomic E-state index is 14.1. The first kappa shape index (κ1) is 26.4. The van der Waals surface area contributed by atoms with Crippen molar-refractivity contribution in [1.82, 2.24) is 24.5 Å². The SMILES string of the molecule is COc1cc2c3ncc(-c4c(C)nnn4C)cc3n(C(c3ccc(F)cc3)C3CCOCC3)c2cc1C(C)(C)O. The van der Waals surface area contributed by atoms with Crippen LogP contribution in [0.25, 0.3) is 33.2 Å². The van der Waals surface area contributed by atoms with Gasteiger partial charge in [0.25, 0.3) is 0 Å². The van der Waals surface area contributed by atoms with E-state index in [1.54, 1.807) is 25.6 Å². The van der Waals surface area contributed by atoms with Gasteiger partial charge in [0.2, 0.25) is 0 Å². The molecule has 3 aromatic heterocycles. The zero-order valence-electron chi connectivity index (χ0n) is 23.5. The molecule has 1 atom stereocenters. The molecule has 0 spiro atoms. The third kappa shape index (κ3) is 4.43. The molecule has 1 unspecified atom stereocenters. The third-order valence-corrected chi connectivity index (χ3v) is 8.09. The van der Waals surface area contributed by atoms with Gasteiger partial charge in [0.15, 0.2) is 0 Å². The lowest BCUT2D eigenvalue weighted by atomic mass is 9.86. The molecule has 0 aliphatic carbocycles. The van der Waals surface area contributed by atoms with Crippen LogP contribution >= 0.6 is 0 Å². The summed E-state index contributed by atoms with van der Waals surface area (Å²) in [7, 11) is 3.49. The smallest absolute Gasteiger partial charge is 0.125 e. The van der Waals surface area contributed by atoms with Crippen molar-refractivity contribution in [3.63, 3.8) is 0 Å². The number of aryl methyl sites for hydroxylation is 2. The zero-order valence-corrected chi connectivity index (χ0v) is 23.5. The van der Waals surface area contributed by atoms with Crippen LogP contribution in [0.5, 0.6) is 5.75 Å². The summed E-state index contributed by atoms with van der Waals surface area (Å²) in [4.78, 5) is 4.98. The van der Waals surface area contributed by atoms with Crippen molar-refractivity contribution in [3.8, 4) is 17.0 Å². The second-order valence-electron chi connectivity index (χ2n) is 11.2. The molecule has 0 saturated carbocycles. The van der Waals surface area contributed by atoms with E-state index in [1.165, 1.54) is 12.1 Å². The Hall–Kier alpha value is -3.82. The van der Waals surface area contributed by atoms with Gasteiger partial charge < -0.3 is 19.1 Å². The minimum Gasteiger partial charge on any atom is -0.496 e. The van der Waals surface area contributed by atoms with E-state index in [4.69, 9.17) is 14.5 Å². The van der Waals surface area contributed by atoms with Crippen LogP contribution in [0.3, 0.4) is 0 Å². The number of methoxy groups -OCH3 is 1. The monoisotopic (exact) mass is 543 g/mol. The van der Waals surface area contributed by atoms with E-state index in [9.17, 15) is 9.50 Å². The lowest BCUT2D eigenvalue weighted by molar-refractivity contribution is 0.0552. The van der Waals surface area contributed by atoms with Crippen LogP contribution < -0.4 is 4.74 Å². The fourth-order valence-corrected chi connectivity index (χ4v) is 6.19. The molecule has 0 bridgehead atoms. The number of halogens is 1. The Kier molecular flexibility index (Phi) is 6.59. The molecule has 1 fully saturated rings. The number of aliphatic hydroxyl groups is 1. The van der Waals surface area contributed by atoms with Crippen LogP contribution in [0.1, 0.15) is 49.6 Å². The Balaban J connectivity index is 1.72. The van der Waals surface area contributed by atoms with Gasteiger partial charge in [-0.05, 0) is 75.4 Å². The lowest BCUT2D eigenvalue weighted by Gasteiger charge is -2.33. The third-order valence-electron chi connectivity index (χ3n) is 8.09. The first-order chi connectivity index (χ1) is 19.2. The van der Waals surface area contributed by atoms with Gasteiger partial charge in [-0.1, -0.05) is 17.3 Å². The largest absolute Gasteiger partial charge is 0.496 e. The van der Waals surface area contributed by atoms with E-state index in [0.717, 1.165) is 57.3 Å². The minimum atomic E-state index is -1.14. The Morgan fingerprint density at radius 1 is 1.10 bits per heavy atom. The number of aromatic nitrogens is 5. The second-order valence-corrected chi connectivity index (χ2v) is 11.2. The first-order valence-electron chi connectivity index (χ1n) is 13.6. The van der Waals surface area contributed by atoms with Gasteiger partial charge in [-0.15, -0.1) is 5.10 Å². The molecule has 8 nitrogen and oxygen atoms in total. The molecule has 208 valence electrons. The summed E-state index contributed by atoms with van der Waals surface area (Å²) in [5, 5.41) is 20.5. The first-order valence-corrected chi connectivity index (χ1v) is 13.6. The van der Waals surface area contributed by atoms with Crippen molar-refractivity contribution in [3.05, 3.63) is 71.3 Å². The average Bonchev–Trinajstić information content (AvgIpc) is 3.44. The molecule has 2 aromatic carbocycles. The summed E-state index contributed by atoms with van der Waals surface area (Å²) in [6, 6.07) is 12.8. The maximum Gasteiger partial charge on any atom is 0.125 e. The zero-order chi connectivity index (χ0) is 28.2. The normalized spacial score (nSPS) is 15.7. The lowest BCUT2D eigenvalue weighted by Crippen LogP contribution is -2.27. The van der Waals surface area contributed by atoms with Crippen molar-refractivity contribution in [2.24, 2.45) is 13.0 Å². The quantitative estimate of drug-likeness (QED) is 0.296. The van der Waals surface area contributed by atoms with Crippen molar-refractivity contribution in [2.45, 2.75) is 45.3 Å². The highest BCUT2D eigenvalue weighted by Gasteiger charge is 2.32. The summed E-state index contributed by atoms with van der Waals surface area (Å²) in [6.07, 6.45) is 3.60. The number of nitrogens with zero attached hydrogens (tertiary/aromatic N) is 5. The van der Waals surface area contributed by atoms with Crippen LogP contribution in [-0.2, 0) is 17.4 Å². The van der Waals surface area contributed by atoms with E-state index in [-0.39, 0.29) is 17.8 Å². The van der Waals surface area contributed by atoms with E-state index in [2.05, 4.69) is 20.9 Å². The predicted molar refractivity (Wildman–Crippen MR) is 152 cm³/mol. The fraction of sp³-hybridized carbons (Fsp3) is 0.387. The Labute approximate surface area is 232 Å². The van der Waals surface area contributed by atoms with Gasteiger partial charge in [-0.25, -0.2) is 9.07 Å². The molecular formula is C31H34FN5O3. The Morgan fingerprint density at radius 3 is 2.45 bits per heavy atom. The molecule has 1 aliphatic heterocycles. The molecule has 5 aromatic rings. The molecule has 1 saturated heterocycles. The van der Waals surface area contributed by atoms with Crippen LogP contribution in [0.15, 0.2) is 48.7 Å². The van der Waals surface area contributed by atoms with Crippen LogP contribution in [0.2, 0.25) is 0 Å². The van der Waals surface area contributed by atoms with E-state index in [0.29, 0.717) is 24.5 Å². The fourth-order valence-electron chi connectivity index (χ4n) is 6.19. The highest BCUT2D eigenvalue weighted by Crippen LogP contribution is 2.44. The number of hydrogen-bond acceptors (Lipinski definition) is 6. The maximum absolute atomic E-state index is 14.1. The Morgan fingerprint density at radius 2 is 1.82 bits per heavy atom. The molecule has 0 radical (unpaired) electrons. The molecule has 9 heteroatoms. The minimum absolute atomic E-state index is 0.115. The van der Waals surface area contributed by atoms with Gasteiger partial charge >= 0.3 is 0 Å². The van der Waals surface area contributed by atoms with E-state index < -0.39 is 5.60 Å². The average molecular weight is 544 g/mol. The second kappa shape index (κ2) is 9.98. The number of rotatable bonds is 6. The van der Waals surface area contributed by atoms with Crippen LogP contribution in [0.4, 0.5) is 4.39 Å². The molecule has 1 aliphatic rings. The van der Waals surface area contributed by atoms with Crippen LogP contribution in [0, 0.1) is 18.7 Å². The summed E-state index contributed by atoms with van der Waals surface area (Å²) < 4.78 is 29.7. The Bertz CT molecular complexity index is 1680. The molecular weight excluding hydrogens is 509 g/mol. The molecule has 6 rings (SSSR count). The summed E-state index contributed by atoms with van der Waals surface area (Å²) in [5.41, 5.74) is 5.86. The summed E-state index contributed by atoms with van der Waals surface area (Å²) in [5.74, 6) is 0.573. The number of benzene rings is 2. The number of fused-ring (bicyclic) bond motifs is 3. The summed E-state index contributed by atoms with van der Waals surface area (Å²) >= 11 is 0. The van der Waals surface area contributed by atoms with Gasteiger partial charge in [0.05, 0.1) is 46.7 Å². The van der Waals surface area contributed by atoms with E-state index >= 15 is 0 Å². The van der Waals surface area contributed by atoms with E-state index in [1.807, 2.05) is 44.4 Å². The van der Waals surface area contributed by atoms with Crippen LogP contribution in [-0.4, -0.2) is 50.0 Å². The summed E-state index contributed by atoms with van der Waals surface area (Å²) in [6.45, 7) is 6.80. The topological polar surface area (TPSA) is 87.2 Å². The standard InChI is InChI=1S/C31H34FN5O3/c1-18-29(36(4)35-34-18)21-14-26-28(33-17-21)23-15-27(39-5)24(31(2,3)38)16-25(23)37(26)30(20-10-12-40-13-11-20)19-6-8-22(32)9-7-19/h6-9,14-17,20,30,38H,10-13H2,1-5H3. The molecule has 40 heavy (non-hydrogen) atoms. The van der Waals surface area contributed by atoms with Crippen molar-refractivity contribution >= 4 is 21.9 Å². The highest BCUT2D eigenvalue weighted by atomic mass is 19.1. The number of pyridine rings is 1. The number of hydrogen-bond donors (Lipinski definition) is 1. The molecule has 4 heterocycles. The van der Waals surface area contributed by atoms with Gasteiger partial charge in [-0.3, -0.25) is 4.98 Å². The molecule has 0 amide bonds. The highest BCUT2D eigenvalue weighted by molar-refractivity contribution is 6.07. The number of ether oxygens (including phenoxy) is 2. The van der Waals surface area contributed by atoms with Crippen molar-refractivity contribution in [2.75, 3.05) is 20.3 Å². The predicted octanol–water partition coefficient (Wildman–Crippen LogP) is 5.68. The van der Waals surface area contributed by atoms with Gasteiger partial charge in [0, 0.05) is 43.0 Å².